The number of benzene rings is 4. The van der Waals surface area contributed by atoms with Gasteiger partial charge in [-0.25, -0.2) is 15.0 Å². The maximum atomic E-state index is 12.9. The smallest absolute Gasteiger partial charge is 0.271 e. The van der Waals surface area contributed by atoms with Crippen molar-refractivity contribution in [1.82, 2.24) is 25.3 Å². The van der Waals surface area contributed by atoms with Crippen LogP contribution in [0.3, 0.4) is 0 Å². The van der Waals surface area contributed by atoms with Crippen molar-refractivity contribution >= 4 is 28.7 Å². The molecule has 3 atom stereocenters. The van der Waals surface area contributed by atoms with Gasteiger partial charge in [0.25, 0.3) is 5.91 Å². The van der Waals surface area contributed by atoms with Crippen LogP contribution in [0.25, 0.3) is 22.2 Å². The zero-order chi connectivity index (χ0) is 32.7. The predicted molar refractivity (Wildman–Crippen MR) is 184 cm³/mol. The molecule has 7 rings (SSSR count). The van der Waals surface area contributed by atoms with Crippen LogP contribution in [0.5, 0.6) is 0 Å². The molecule has 1 fully saturated rings. The third-order valence-electron chi connectivity index (χ3n) is 8.11. The summed E-state index contributed by atoms with van der Waals surface area (Å²) in [4.78, 5) is 30.4. The van der Waals surface area contributed by atoms with Crippen molar-refractivity contribution in [2.75, 3.05) is 5.75 Å². The lowest BCUT2D eigenvalue weighted by Gasteiger charge is -2.36. The Morgan fingerprint density at radius 3 is 2.38 bits per heavy atom. The van der Waals surface area contributed by atoms with Gasteiger partial charge in [0.1, 0.15) is 5.69 Å². The number of nitrogens with zero attached hydrogens (tertiary/aromatic N) is 4. The maximum absolute atomic E-state index is 12.9. The van der Waals surface area contributed by atoms with Gasteiger partial charge >= 0.3 is 0 Å². The van der Waals surface area contributed by atoms with Crippen molar-refractivity contribution < 1.29 is 19.4 Å². The molecule has 1 aliphatic heterocycles. The summed E-state index contributed by atoms with van der Waals surface area (Å²) >= 11 is 1.56. The van der Waals surface area contributed by atoms with Crippen LogP contribution < -0.4 is 5.32 Å². The fourth-order valence-corrected chi connectivity index (χ4v) is 6.44. The van der Waals surface area contributed by atoms with Gasteiger partial charge in [0.05, 0.1) is 36.0 Å². The number of amides is 1. The minimum absolute atomic E-state index is 0.00657. The highest BCUT2D eigenvalue weighted by Gasteiger charge is 2.32. The van der Waals surface area contributed by atoms with E-state index in [0.717, 1.165) is 38.9 Å². The van der Waals surface area contributed by atoms with E-state index in [1.807, 2.05) is 78.9 Å². The number of aliphatic hydroxyl groups excluding tert-OH is 1. The molecule has 1 saturated heterocycles. The number of carbonyl (C=O) groups is 1. The monoisotopic (exact) mass is 655 g/mol. The second-order valence-corrected chi connectivity index (χ2v) is 12.4. The quantitative estimate of drug-likeness (QED) is 0.121. The molecule has 9 nitrogen and oxygen atoms in total. The molecule has 2 N–H and O–H groups in total. The minimum Gasteiger partial charge on any atom is -0.392 e. The molecule has 4 aromatic carbocycles. The molecular weight excluding hydrogens is 623 g/mol. The molecule has 3 heterocycles. The fourth-order valence-electron chi connectivity index (χ4n) is 5.62. The maximum Gasteiger partial charge on any atom is 0.271 e. The van der Waals surface area contributed by atoms with E-state index in [4.69, 9.17) is 9.47 Å². The number of thioether (sulfide) groups is 1. The van der Waals surface area contributed by atoms with E-state index >= 15 is 0 Å². The van der Waals surface area contributed by atoms with E-state index in [1.54, 1.807) is 30.2 Å². The van der Waals surface area contributed by atoms with Gasteiger partial charge in [-0.15, -0.1) is 0 Å². The molecule has 0 bridgehead atoms. The second-order valence-electron chi connectivity index (χ2n) is 11.4. The summed E-state index contributed by atoms with van der Waals surface area (Å²) in [6.07, 6.45) is 4.76. The summed E-state index contributed by atoms with van der Waals surface area (Å²) in [7, 11) is 0. The van der Waals surface area contributed by atoms with Gasteiger partial charge < -0.3 is 19.9 Å². The zero-order valence-electron chi connectivity index (χ0n) is 26.0. The Morgan fingerprint density at radius 1 is 0.792 bits per heavy atom. The number of nitrogens with one attached hydrogen (secondary N) is 1. The number of para-hydroxylation sites is 2. The number of aliphatic hydroxyl groups is 1. The van der Waals surface area contributed by atoms with Gasteiger partial charge in [0, 0.05) is 36.7 Å². The van der Waals surface area contributed by atoms with Gasteiger partial charge in [-0.3, -0.25) is 9.78 Å². The molecular formula is C38H33N5O4S. The molecule has 0 saturated carbocycles. The van der Waals surface area contributed by atoms with Crippen LogP contribution in [-0.2, 0) is 22.6 Å². The first-order chi connectivity index (χ1) is 23.6. The van der Waals surface area contributed by atoms with Crippen molar-refractivity contribution in [3.05, 3.63) is 150 Å². The highest BCUT2D eigenvalue weighted by atomic mass is 32.2. The molecule has 0 unspecified atom stereocenters. The Morgan fingerprint density at radius 2 is 1.56 bits per heavy atom. The number of ether oxygens (including phenoxy) is 2. The molecule has 1 aliphatic rings. The molecule has 10 heteroatoms. The van der Waals surface area contributed by atoms with Crippen molar-refractivity contribution in [2.24, 2.45) is 0 Å². The highest BCUT2D eigenvalue weighted by molar-refractivity contribution is 7.99. The van der Waals surface area contributed by atoms with Gasteiger partial charge in [-0.2, -0.15) is 0 Å². The van der Waals surface area contributed by atoms with E-state index < -0.39 is 6.29 Å². The lowest BCUT2D eigenvalue weighted by Crippen LogP contribution is -2.31. The molecule has 0 radical (unpaired) electrons. The summed E-state index contributed by atoms with van der Waals surface area (Å²) in [5.41, 5.74) is 7.47. The topological polar surface area (TPSA) is 119 Å². The summed E-state index contributed by atoms with van der Waals surface area (Å²) in [5, 5.41) is 13.2. The van der Waals surface area contributed by atoms with Crippen LogP contribution in [0.1, 0.15) is 51.6 Å². The van der Waals surface area contributed by atoms with Crippen LogP contribution in [0.15, 0.2) is 127 Å². The van der Waals surface area contributed by atoms with Crippen molar-refractivity contribution in [3.8, 4) is 11.1 Å². The van der Waals surface area contributed by atoms with Gasteiger partial charge in [-0.1, -0.05) is 84.6 Å². The second kappa shape index (κ2) is 14.8. The third kappa shape index (κ3) is 7.58. The standard InChI is InChI=1S/C38H33N5O4S/c44-23-25-12-14-27(15-13-25)35-20-31(24-48-38-39-16-5-17-40-38)46-37(47-35)30-9-4-8-29(19-30)28-7-3-6-26(18-28)21-42-36(45)34-22-41-32-10-1-2-11-33(32)43-34/h1-19,22,31,35,37,44H,20-21,23-24H2,(H,42,45)/t31-,35+,37+/m1/s1. The Bertz CT molecular complexity index is 2010. The van der Waals surface area contributed by atoms with Gasteiger partial charge in [-0.05, 0) is 58.1 Å². The Balaban J connectivity index is 1.07. The Hall–Kier alpha value is -5.00. The van der Waals surface area contributed by atoms with Crippen LogP contribution in [-0.4, -0.2) is 42.8 Å². The van der Waals surface area contributed by atoms with Crippen molar-refractivity contribution in [3.63, 3.8) is 0 Å². The van der Waals surface area contributed by atoms with Crippen molar-refractivity contribution in [1.29, 1.82) is 0 Å². The zero-order valence-corrected chi connectivity index (χ0v) is 26.8. The van der Waals surface area contributed by atoms with E-state index in [-0.39, 0.29) is 30.4 Å². The number of aromatic nitrogens is 4. The lowest BCUT2D eigenvalue weighted by atomic mass is 9.99. The van der Waals surface area contributed by atoms with Gasteiger partial charge in [0.15, 0.2) is 11.4 Å². The number of hydrogen-bond acceptors (Lipinski definition) is 9. The molecule has 6 aromatic rings. The first-order valence-electron chi connectivity index (χ1n) is 15.7. The number of carbonyl (C=O) groups excluding carboxylic acids is 1. The van der Waals surface area contributed by atoms with Crippen LogP contribution >= 0.6 is 11.8 Å². The van der Waals surface area contributed by atoms with E-state index in [2.05, 4.69) is 43.5 Å². The third-order valence-corrected chi connectivity index (χ3v) is 9.12. The van der Waals surface area contributed by atoms with Crippen LogP contribution in [0.4, 0.5) is 0 Å². The molecule has 0 spiro atoms. The lowest BCUT2D eigenvalue weighted by molar-refractivity contribution is -0.245. The van der Waals surface area contributed by atoms with Gasteiger partial charge in [0.2, 0.25) is 0 Å². The number of hydrogen-bond donors (Lipinski definition) is 2. The Kier molecular flexibility index (Phi) is 9.76. The molecule has 2 aromatic heterocycles. The largest absolute Gasteiger partial charge is 0.392 e. The molecule has 0 aliphatic carbocycles. The normalized spacial score (nSPS) is 17.6. The van der Waals surface area contributed by atoms with E-state index in [9.17, 15) is 9.90 Å². The SMILES string of the molecule is O=C(NCc1cccc(-c2cccc([C@H]3O[C@@H](CSc4ncccn4)C[C@@H](c4ccc(CO)cc4)O3)c2)c1)c1cnc2ccccc2n1. The van der Waals surface area contributed by atoms with E-state index in [1.165, 1.54) is 6.20 Å². The number of fused-ring (bicyclic) bond motifs is 1. The predicted octanol–water partition coefficient (Wildman–Crippen LogP) is 6.85. The summed E-state index contributed by atoms with van der Waals surface area (Å²) in [5.74, 6) is 0.396. The Labute approximate surface area is 282 Å². The average molecular weight is 656 g/mol. The van der Waals surface area contributed by atoms with Crippen LogP contribution in [0.2, 0.25) is 0 Å². The first kappa shape index (κ1) is 31.6. The molecule has 240 valence electrons. The van der Waals surface area contributed by atoms with Crippen molar-refractivity contribution in [2.45, 2.75) is 43.2 Å². The number of rotatable bonds is 10. The first-order valence-corrected chi connectivity index (χ1v) is 16.7. The summed E-state index contributed by atoms with van der Waals surface area (Å²) in [6.45, 7) is 0.338. The average Bonchev–Trinajstić information content (AvgIpc) is 3.16. The van der Waals surface area contributed by atoms with Crippen LogP contribution in [0, 0.1) is 0 Å². The summed E-state index contributed by atoms with van der Waals surface area (Å²) < 4.78 is 13.1. The molecule has 1 amide bonds. The highest BCUT2D eigenvalue weighted by Crippen LogP contribution is 2.40. The summed E-state index contributed by atoms with van der Waals surface area (Å²) in [6, 6.07) is 33.4. The van der Waals surface area contributed by atoms with E-state index in [0.29, 0.717) is 29.4 Å². The minimum atomic E-state index is -0.589. The fraction of sp³-hybridized carbons (Fsp3) is 0.184. The molecule has 48 heavy (non-hydrogen) atoms.